The fourth-order valence-corrected chi connectivity index (χ4v) is 5.04. The molecule has 1 saturated carbocycles. The third-order valence-corrected chi connectivity index (χ3v) is 6.70. The molecule has 20 heavy (non-hydrogen) atoms. The minimum atomic E-state index is -1.96. The molecule has 2 aliphatic heterocycles. The lowest BCUT2D eigenvalue weighted by molar-refractivity contribution is -0.195. The largest absolute Gasteiger partial charge is 0.390 e. The lowest BCUT2D eigenvalue weighted by atomic mass is 9.76. The van der Waals surface area contributed by atoms with Crippen LogP contribution in [0.1, 0.15) is 44.9 Å². The molecule has 3 fully saturated rings. The smallest absolute Gasteiger partial charge is 0.194 e. The van der Waals surface area contributed by atoms with E-state index in [2.05, 4.69) is 0 Å². The Morgan fingerprint density at radius 2 is 1.95 bits per heavy atom. The third-order valence-electron chi connectivity index (χ3n) is 5.02. The highest BCUT2D eigenvalue weighted by atomic mass is 31.1. The molecule has 3 rings (SSSR count). The van der Waals surface area contributed by atoms with Gasteiger partial charge in [-0.15, -0.1) is 0 Å². The van der Waals surface area contributed by atoms with Crippen molar-refractivity contribution in [2.45, 2.75) is 75.0 Å². The quantitative estimate of drug-likeness (QED) is 0.776. The average Bonchev–Trinajstić information content (AvgIpc) is 2.36. The molecule has 5 nitrogen and oxygen atoms in total. The topological polar surface area (TPSA) is 76.0 Å². The first kappa shape index (κ1) is 15.0. The van der Waals surface area contributed by atoms with Crippen LogP contribution >= 0.6 is 8.03 Å². The summed E-state index contributed by atoms with van der Waals surface area (Å²) >= 11 is 0. The van der Waals surface area contributed by atoms with Crippen LogP contribution in [0.4, 0.5) is 0 Å². The van der Waals surface area contributed by atoms with Crippen LogP contribution in [0.5, 0.6) is 0 Å². The van der Waals surface area contributed by atoms with Crippen molar-refractivity contribution in [1.82, 2.24) is 0 Å². The van der Waals surface area contributed by atoms with Gasteiger partial charge in [-0.3, -0.25) is 4.57 Å². The second kappa shape index (κ2) is 6.45. The summed E-state index contributed by atoms with van der Waals surface area (Å²) < 4.78 is 23.2. The Morgan fingerprint density at radius 1 is 1.15 bits per heavy atom. The van der Waals surface area contributed by atoms with Gasteiger partial charge >= 0.3 is 0 Å². The number of aliphatic hydroxyl groups excluding tert-OH is 2. The van der Waals surface area contributed by atoms with Crippen LogP contribution in [-0.2, 0) is 13.8 Å². The van der Waals surface area contributed by atoms with Gasteiger partial charge in [-0.25, -0.2) is 0 Å². The highest BCUT2D eigenvalue weighted by molar-refractivity contribution is 7.40. The van der Waals surface area contributed by atoms with Crippen molar-refractivity contribution < 1.29 is 24.0 Å². The van der Waals surface area contributed by atoms with E-state index in [9.17, 15) is 14.8 Å². The van der Waals surface area contributed by atoms with E-state index in [4.69, 9.17) is 9.26 Å². The van der Waals surface area contributed by atoms with Gasteiger partial charge < -0.3 is 19.5 Å². The predicted octanol–water partition coefficient (Wildman–Crippen LogP) is 1.71. The summed E-state index contributed by atoms with van der Waals surface area (Å²) in [5.74, 6) is 0.377. The van der Waals surface area contributed by atoms with Crippen molar-refractivity contribution in [3.63, 3.8) is 0 Å². The molecule has 0 spiro atoms. The van der Waals surface area contributed by atoms with Crippen LogP contribution in [0.2, 0.25) is 0 Å². The Kier molecular flexibility index (Phi) is 4.83. The number of aliphatic hydroxyl groups is 2. The molecule has 0 amide bonds. The lowest BCUT2D eigenvalue weighted by Gasteiger charge is -2.44. The lowest BCUT2D eigenvalue weighted by Crippen LogP contribution is -2.53. The van der Waals surface area contributed by atoms with E-state index in [1.165, 1.54) is 6.42 Å². The van der Waals surface area contributed by atoms with Gasteiger partial charge in [-0.1, -0.05) is 6.42 Å². The highest BCUT2D eigenvalue weighted by Crippen LogP contribution is 2.43. The minimum Gasteiger partial charge on any atom is -0.390 e. The fraction of sp³-hybridized carbons (Fsp3) is 1.00. The van der Waals surface area contributed by atoms with E-state index in [0.717, 1.165) is 25.7 Å². The van der Waals surface area contributed by atoms with Crippen LogP contribution in [-0.4, -0.2) is 46.9 Å². The minimum absolute atomic E-state index is 0.0724. The third kappa shape index (κ3) is 3.12. The zero-order valence-corrected chi connectivity index (χ0v) is 12.7. The first-order valence-corrected chi connectivity index (χ1v) is 9.22. The van der Waals surface area contributed by atoms with Crippen LogP contribution < -0.4 is 0 Å². The van der Waals surface area contributed by atoms with Crippen LogP contribution in [0.15, 0.2) is 0 Å². The normalized spacial score (nSPS) is 46.9. The molecule has 0 aromatic carbocycles. The van der Waals surface area contributed by atoms with E-state index in [1.807, 2.05) is 0 Å². The molecule has 0 radical (unpaired) electrons. The number of ether oxygens (including phenoxy) is 1. The van der Waals surface area contributed by atoms with Gasteiger partial charge in [0.1, 0.15) is 6.10 Å². The molecular formula is C14H25O5P. The Bertz CT molecular complexity index is 359. The average molecular weight is 304 g/mol. The first-order valence-electron chi connectivity index (χ1n) is 7.83. The molecule has 2 heterocycles. The van der Waals surface area contributed by atoms with Crippen LogP contribution in [0.3, 0.4) is 0 Å². The van der Waals surface area contributed by atoms with Gasteiger partial charge in [0.15, 0.2) is 8.03 Å². The molecule has 6 atom stereocenters. The van der Waals surface area contributed by atoms with Gasteiger partial charge in [0.2, 0.25) is 0 Å². The van der Waals surface area contributed by atoms with Gasteiger partial charge in [0.05, 0.1) is 24.9 Å². The van der Waals surface area contributed by atoms with Gasteiger partial charge in [0.25, 0.3) is 0 Å². The van der Waals surface area contributed by atoms with Crippen molar-refractivity contribution >= 4 is 8.03 Å². The van der Waals surface area contributed by atoms with Gasteiger partial charge in [-0.2, -0.15) is 0 Å². The van der Waals surface area contributed by atoms with Crippen molar-refractivity contribution in [3.05, 3.63) is 0 Å². The van der Waals surface area contributed by atoms with Crippen molar-refractivity contribution in [1.29, 1.82) is 0 Å². The molecule has 116 valence electrons. The van der Waals surface area contributed by atoms with Crippen molar-refractivity contribution in [3.8, 4) is 0 Å². The van der Waals surface area contributed by atoms with E-state index in [1.54, 1.807) is 0 Å². The molecule has 1 aliphatic carbocycles. The maximum atomic E-state index is 11.9. The molecule has 6 heteroatoms. The van der Waals surface area contributed by atoms with E-state index < -0.39 is 20.2 Å². The molecule has 6 unspecified atom stereocenters. The maximum absolute atomic E-state index is 11.9. The summed E-state index contributed by atoms with van der Waals surface area (Å²) in [6, 6.07) is 0. The Morgan fingerprint density at radius 3 is 2.60 bits per heavy atom. The number of hydrogen-bond donors (Lipinski definition) is 2. The summed E-state index contributed by atoms with van der Waals surface area (Å²) in [7, 11) is -1.96. The maximum Gasteiger partial charge on any atom is 0.194 e. The summed E-state index contributed by atoms with van der Waals surface area (Å²) in [6.07, 6.45) is 4.50. The van der Waals surface area contributed by atoms with Gasteiger partial charge in [-0.05, 0) is 38.0 Å². The highest BCUT2D eigenvalue weighted by Gasteiger charge is 2.43. The van der Waals surface area contributed by atoms with Crippen LogP contribution in [0, 0.1) is 5.92 Å². The standard InChI is InChI=1S/C14H25O5P/c15-12-8-10(7-11-5-2-6-18-20(11)17)19-14(13(12)16)9-3-1-4-9/h9-16,20H,1-8H2. The van der Waals surface area contributed by atoms with Crippen molar-refractivity contribution in [2.24, 2.45) is 5.92 Å². The second-order valence-corrected chi connectivity index (χ2v) is 8.19. The zero-order chi connectivity index (χ0) is 14.1. The monoisotopic (exact) mass is 304 g/mol. The molecular weight excluding hydrogens is 279 g/mol. The van der Waals surface area contributed by atoms with Gasteiger partial charge in [0, 0.05) is 12.1 Å². The first-order chi connectivity index (χ1) is 9.65. The Hall–Kier alpha value is 0.0700. The SMILES string of the molecule is O=[PH]1OCCCC1CC1CC(O)C(O)C(C2CCC2)O1. The molecule has 0 bridgehead atoms. The molecule has 2 N–H and O–H groups in total. The molecule has 0 aromatic heterocycles. The van der Waals surface area contributed by atoms with E-state index in [-0.39, 0.29) is 17.9 Å². The molecule has 2 saturated heterocycles. The zero-order valence-electron chi connectivity index (χ0n) is 11.7. The summed E-state index contributed by atoms with van der Waals surface area (Å²) in [4.78, 5) is 0. The summed E-state index contributed by atoms with van der Waals surface area (Å²) in [5, 5.41) is 20.1. The fourth-order valence-electron chi connectivity index (χ4n) is 3.57. The predicted molar refractivity (Wildman–Crippen MR) is 75.2 cm³/mol. The molecule has 0 aromatic rings. The Labute approximate surface area is 120 Å². The summed E-state index contributed by atoms with van der Waals surface area (Å²) in [6.45, 7) is 0.603. The van der Waals surface area contributed by atoms with Crippen LogP contribution in [0.25, 0.3) is 0 Å². The van der Waals surface area contributed by atoms with E-state index in [0.29, 0.717) is 25.4 Å². The number of hydrogen-bond acceptors (Lipinski definition) is 5. The molecule has 3 aliphatic rings. The summed E-state index contributed by atoms with van der Waals surface area (Å²) in [5.41, 5.74) is 0.0724. The second-order valence-electron chi connectivity index (χ2n) is 6.45. The van der Waals surface area contributed by atoms with E-state index >= 15 is 0 Å². The number of rotatable bonds is 3. The van der Waals surface area contributed by atoms with Crippen molar-refractivity contribution in [2.75, 3.05) is 6.61 Å². The Balaban J connectivity index is 1.59.